The number of hydrogen-bond donors (Lipinski definition) is 1. The van der Waals surface area contributed by atoms with E-state index in [0.29, 0.717) is 6.04 Å². The molecule has 0 saturated heterocycles. The average molecular weight is 235 g/mol. The molecule has 0 radical (unpaired) electrons. The highest BCUT2D eigenvalue weighted by Crippen LogP contribution is 2.46. The maximum atomic E-state index is 3.62. The zero-order valence-electron chi connectivity index (χ0n) is 10.1. The number of rotatable bonds is 6. The van der Waals surface area contributed by atoms with Crippen molar-refractivity contribution in [1.82, 2.24) is 5.32 Å². The van der Waals surface area contributed by atoms with Crippen molar-refractivity contribution in [3.05, 3.63) is 35.9 Å². The van der Waals surface area contributed by atoms with E-state index in [1.165, 1.54) is 24.3 Å². The van der Waals surface area contributed by atoms with Gasteiger partial charge in [0.15, 0.2) is 0 Å². The molecule has 0 spiro atoms. The predicted octanol–water partition coefficient (Wildman–Crippen LogP) is 3.13. The molecule has 1 aromatic carbocycles. The molecule has 0 bridgehead atoms. The minimum atomic E-state index is 0.645. The lowest BCUT2D eigenvalue weighted by atomic mass is 10.1. The van der Waals surface area contributed by atoms with Gasteiger partial charge in [-0.3, -0.25) is 0 Å². The van der Waals surface area contributed by atoms with E-state index < -0.39 is 0 Å². The van der Waals surface area contributed by atoms with E-state index in [0.717, 1.165) is 11.8 Å². The summed E-state index contributed by atoms with van der Waals surface area (Å²) in [6.45, 7) is 3.46. The second kappa shape index (κ2) is 5.74. The molecule has 3 unspecified atom stereocenters. The molecule has 3 atom stereocenters. The van der Waals surface area contributed by atoms with Gasteiger partial charge < -0.3 is 5.32 Å². The SMILES string of the molecule is CSCC(C)NCC1CC1c1ccccc1. The first kappa shape index (κ1) is 12.0. The smallest absolute Gasteiger partial charge is 0.0129 e. The maximum absolute atomic E-state index is 3.62. The summed E-state index contributed by atoms with van der Waals surface area (Å²) in [6.07, 6.45) is 3.53. The molecule has 16 heavy (non-hydrogen) atoms. The van der Waals surface area contributed by atoms with E-state index in [1.807, 2.05) is 11.8 Å². The van der Waals surface area contributed by atoms with Crippen molar-refractivity contribution in [2.24, 2.45) is 5.92 Å². The zero-order valence-corrected chi connectivity index (χ0v) is 11.0. The Morgan fingerprint density at radius 2 is 2.12 bits per heavy atom. The largest absolute Gasteiger partial charge is 0.313 e. The summed E-state index contributed by atoms with van der Waals surface area (Å²) in [5, 5.41) is 3.62. The third-order valence-corrected chi connectivity index (χ3v) is 4.13. The number of thioether (sulfide) groups is 1. The summed E-state index contributed by atoms with van der Waals surface area (Å²) in [4.78, 5) is 0. The van der Waals surface area contributed by atoms with Gasteiger partial charge in [-0.15, -0.1) is 0 Å². The Hall–Kier alpha value is -0.470. The van der Waals surface area contributed by atoms with Crippen molar-refractivity contribution in [2.75, 3.05) is 18.6 Å². The highest BCUT2D eigenvalue weighted by molar-refractivity contribution is 7.98. The third kappa shape index (κ3) is 3.26. The van der Waals surface area contributed by atoms with Crippen molar-refractivity contribution < 1.29 is 0 Å². The molecule has 1 aliphatic rings. The van der Waals surface area contributed by atoms with Crippen molar-refractivity contribution >= 4 is 11.8 Å². The van der Waals surface area contributed by atoms with Gasteiger partial charge in [0.25, 0.3) is 0 Å². The molecule has 0 heterocycles. The molecule has 0 amide bonds. The monoisotopic (exact) mass is 235 g/mol. The first-order valence-corrected chi connectivity index (χ1v) is 7.48. The van der Waals surface area contributed by atoms with E-state index in [2.05, 4.69) is 48.8 Å². The summed E-state index contributed by atoms with van der Waals surface area (Å²) in [6, 6.07) is 11.6. The zero-order chi connectivity index (χ0) is 11.4. The van der Waals surface area contributed by atoms with E-state index >= 15 is 0 Å². The summed E-state index contributed by atoms with van der Waals surface area (Å²) < 4.78 is 0. The van der Waals surface area contributed by atoms with Crippen LogP contribution in [0.3, 0.4) is 0 Å². The molecule has 1 N–H and O–H groups in total. The highest BCUT2D eigenvalue weighted by atomic mass is 32.2. The first-order chi connectivity index (χ1) is 7.81. The number of benzene rings is 1. The predicted molar refractivity (Wildman–Crippen MR) is 73.1 cm³/mol. The van der Waals surface area contributed by atoms with Gasteiger partial charge in [0.2, 0.25) is 0 Å². The van der Waals surface area contributed by atoms with Crippen LogP contribution in [0.25, 0.3) is 0 Å². The quantitative estimate of drug-likeness (QED) is 0.813. The minimum absolute atomic E-state index is 0.645. The molecule has 2 rings (SSSR count). The molecule has 1 nitrogen and oxygen atoms in total. The van der Waals surface area contributed by atoms with E-state index in [-0.39, 0.29) is 0 Å². The van der Waals surface area contributed by atoms with Crippen molar-refractivity contribution in [3.63, 3.8) is 0 Å². The lowest BCUT2D eigenvalue weighted by Gasteiger charge is -2.11. The summed E-state index contributed by atoms with van der Waals surface area (Å²) >= 11 is 1.92. The van der Waals surface area contributed by atoms with Gasteiger partial charge in [-0.2, -0.15) is 11.8 Å². The molecule has 1 fully saturated rings. The van der Waals surface area contributed by atoms with Gasteiger partial charge in [0.05, 0.1) is 0 Å². The lowest BCUT2D eigenvalue weighted by Crippen LogP contribution is -2.30. The normalized spacial score (nSPS) is 25.4. The summed E-state index contributed by atoms with van der Waals surface area (Å²) in [5.41, 5.74) is 1.52. The van der Waals surface area contributed by atoms with Crippen LogP contribution in [0.5, 0.6) is 0 Å². The van der Waals surface area contributed by atoms with Crippen LogP contribution in [-0.2, 0) is 0 Å². The Bertz CT molecular complexity index is 312. The Morgan fingerprint density at radius 3 is 2.81 bits per heavy atom. The van der Waals surface area contributed by atoms with Crippen molar-refractivity contribution in [2.45, 2.75) is 25.3 Å². The molecule has 0 aliphatic heterocycles. The molecule has 1 saturated carbocycles. The second-order valence-corrected chi connectivity index (χ2v) is 5.69. The van der Waals surface area contributed by atoms with E-state index in [9.17, 15) is 0 Å². The van der Waals surface area contributed by atoms with Crippen LogP contribution in [0.1, 0.15) is 24.8 Å². The van der Waals surface area contributed by atoms with Gasteiger partial charge in [0, 0.05) is 11.8 Å². The topological polar surface area (TPSA) is 12.0 Å². The number of hydrogen-bond acceptors (Lipinski definition) is 2. The van der Waals surface area contributed by atoms with E-state index in [1.54, 1.807) is 0 Å². The summed E-state index contributed by atoms with van der Waals surface area (Å²) in [7, 11) is 0. The molecule has 1 aliphatic carbocycles. The Balaban J connectivity index is 1.72. The Labute approximate surface area is 103 Å². The fourth-order valence-corrected chi connectivity index (χ4v) is 2.86. The molecular weight excluding hydrogens is 214 g/mol. The molecule has 2 heteroatoms. The summed E-state index contributed by atoms with van der Waals surface area (Å²) in [5.74, 6) is 2.89. The van der Waals surface area contributed by atoms with Crippen LogP contribution < -0.4 is 5.32 Å². The fourth-order valence-electron chi connectivity index (χ4n) is 2.24. The fraction of sp³-hybridized carbons (Fsp3) is 0.571. The molecular formula is C14H21NS. The van der Waals surface area contributed by atoms with Crippen LogP contribution in [0, 0.1) is 5.92 Å². The highest BCUT2D eigenvalue weighted by Gasteiger charge is 2.37. The van der Waals surface area contributed by atoms with Crippen LogP contribution in [0.4, 0.5) is 0 Å². The average Bonchev–Trinajstić information content (AvgIpc) is 3.07. The van der Waals surface area contributed by atoms with Gasteiger partial charge in [0.1, 0.15) is 0 Å². The van der Waals surface area contributed by atoms with Crippen LogP contribution in [-0.4, -0.2) is 24.6 Å². The first-order valence-electron chi connectivity index (χ1n) is 6.08. The maximum Gasteiger partial charge on any atom is 0.0129 e. The second-order valence-electron chi connectivity index (χ2n) is 4.78. The minimum Gasteiger partial charge on any atom is -0.313 e. The van der Waals surface area contributed by atoms with Gasteiger partial charge >= 0.3 is 0 Å². The van der Waals surface area contributed by atoms with Crippen LogP contribution in [0.2, 0.25) is 0 Å². The van der Waals surface area contributed by atoms with Crippen molar-refractivity contribution in [1.29, 1.82) is 0 Å². The Kier molecular flexibility index (Phi) is 4.30. The van der Waals surface area contributed by atoms with Gasteiger partial charge in [-0.1, -0.05) is 30.3 Å². The molecule has 0 aromatic heterocycles. The molecule has 1 aromatic rings. The molecule has 88 valence electrons. The standard InChI is InChI=1S/C14H21NS/c1-11(10-16-2)15-9-13-8-14(13)12-6-4-3-5-7-12/h3-7,11,13-15H,8-10H2,1-2H3. The van der Waals surface area contributed by atoms with Crippen LogP contribution >= 0.6 is 11.8 Å². The lowest BCUT2D eigenvalue weighted by molar-refractivity contribution is 0.560. The number of nitrogens with one attached hydrogen (secondary N) is 1. The van der Waals surface area contributed by atoms with Crippen molar-refractivity contribution in [3.8, 4) is 0 Å². The van der Waals surface area contributed by atoms with E-state index in [4.69, 9.17) is 0 Å². The Morgan fingerprint density at radius 1 is 1.38 bits per heavy atom. The third-order valence-electron chi connectivity index (χ3n) is 3.30. The van der Waals surface area contributed by atoms with Gasteiger partial charge in [-0.05, 0) is 43.5 Å². The van der Waals surface area contributed by atoms with Gasteiger partial charge in [-0.25, -0.2) is 0 Å². The van der Waals surface area contributed by atoms with Crippen LogP contribution in [0.15, 0.2) is 30.3 Å².